The Kier molecular flexibility index (Phi) is 6.11. The van der Waals surface area contributed by atoms with E-state index in [0.717, 1.165) is 10.4 Å². The molecular weight excluding hydrogens is 468 g/mol. The zero-order valence-corrected chi connectivity index (χ0v) is 19.7. The van der Waals surface area contributed by atoms with Gasteiger partial charge >= 0.3 is 5.97 Å². The van der Waals surface area contributed by atoms with Crippen LogP contribution in [-0.2, 0) is 21.2 Å². The lowest BCUT2D eigenvalue weighted by molar-refractivity contribution is -0.136. The maximum atomic E-state index is 15.8. The zero-order valence-electron chi connectivity index (χ0n) is 18.9. The highest BCUT2D eigenvalue weighted by Crippen LogP contribution is 2.40. The Balaban J connectivity index is 1.69. The maximum Gasteiger partial charge on any atom is 0.309 e. The zero-order chi connectivity index (χ0) is 24.8. The van der Waals surface area contributed by atoms with Crippen LogP contribution in [0.4, 0.5) is 8.78 Å². The van der Waals surface area contributed by atoms with Crippen LogP contribution in [0.5, 0.6) is 5.75 Å². The quantitative estimate of drug-likeness (QED) is 0.540. The van der Waals surface area contributed by atoms with E-state index in [1.807, 2.05) is 13.8 Å². The standard InChI is InChI=1S/C23H25F2N3O5S/c1-14(2)33-16-5-7-17(8-6-16)34(31,32)27-12-21(23(3,25)13-27)28-20-10-15(24)4-9-18(20)19(26-28)11-22(29)30/h4-10,14,21H,11-13H2,1-3H3,(H,29,30)/t21-,23-/m0/s1. The summed E-state index contributed by atoms with van der Waals surface area (Å²) >= 11 is 0. The van der Waals surface area contributed by atoms with Gasteiger partial charge in [-0.3, -0.25) is 9.48 Å². The van der Waals surface area contributed by atoms with Crippen LogP contribution < -0.4 is 4.74 Å². The van der Waals surface area contributed by atoms with Gasteiger partial charge in [0.1, 0.15) is 23.3 Å². The number of fused-ring (bicyclic) bond motifs is 1. The molecule has 2 atom stereocenters. The van der Waals surface area contributed by atoms with Crippen LogP contribution in [0.25, 0.3) is 10.9 Å². The fourth-order valence-corrected chi connectivity index (χ4v) is 5.75. The van der Waals surface area contributed by atoms with Crippen molar-refractivity contribution < 1.29 is 31.8 Å². The number of carbonyl (C=O) groups is 1. The molecule has 3 aromatic rings. The summed E-state index contributed by atoms with van der Waals surface area (Å²) in [5.74, 6) is -1.22. The van der Waals surface area contributed by atoms with Crippen molar-refractivity contribution in [3.05, 3.63) is 54.0 Å². The molecule has 1 aromatic heterocycles. The summed E-state index contributed by atoms with van der Waals surface area (Å²) in [6.07, 6.45) is -0.508. The number of rotatable bonds is 7. The molecule has 0 unspecified atom stereocenters. The number of carboxylic acid groups (broad SMARTS) is 1. The van der Waals surface area contributed by atoms with Crippen molar-refractivity contribution in [1.82, 2.24) is 14.1 Å². The Morgan fingerprint density at radius 3 is 2.56 bits per heavy atom. The van der Waals surface area contributed by atoms with E-state index in [1.165, 1.54) is 48.0 Å². The summed E-state index contributed by atoms with van der Waals surface area (Å²) in [6.45, 7) is 4.28. The monoisotopic (exact) mass is 493 g/mol. The Morgan fingerprint density at radius 1 is 1.26 bits per heavy atom. The van der Waals surface area contributed by atoms with Gasteiger partial charge in [-0.1, -0.05) is 0 Å². The second-order valence-electron chi connectivity index (χ2n) is 8.85. The van der Waals surface area contributed by atoms with Gasteiger partial charge in [-0.25, -0.2) is 17.2 Å². The number of nitrogens with zero attached hydrogens (tertiary/aromatic N) is 3. The molecule has 4 rings (SSSR count). The molecule has 2 heterocycles. The minimum Gasteiger partial charge on any atom is -0.491 e. The Hall–Kier alpha value is -3.05. The third-order valence-electron chi connectivity index (χ3n) is 5.75. The fraction of sp³-hybridized carbons (Fsp3) is 0.391. The van der Waals surface area contributed by atoms with Crippen LogP contribution in [0.3, 0.4) is 0 Å². The highest BCUT2D eigenvalue weighted by Gasteiger charge is 2.50. The van der Waals surface area contributed by atoms with Crippen molar-refractivity contribution in [1.29, 1.82) is 0 Å². The van der Waals surface area contributed by atoms with Gasteiger partial charge in [0.05, 0.1) is 35.2 Å². The molecule has 0 bridgehead atoms. The number of aromatic nitrogens is 2. The molecule has 0 spiro atoms. The molecule has 8 nitrogen and oxygen atoms in total. The van der Waals surface area contributed by atoms with E-state index in [2.05, 4.69) is 5.10 Å². The Labute approximate surface area is 195 Å². The topological polar surface area (TPSA) is 102 Å². The molecule has 0 radical (unpaired) electrons. The van der Waals surface area contributed by atoms with Gasteiger partial charge in [0.15, 0.2) is 0 Å². The molecule has 1 saturated heterocycles. The molecule has 34 heavy (non-hydrogen) atoms. The van der Waals surface area contributed by atoms with Gasteiger partial charge in [-0.2, -0.15) is 9.40 Å². The van der Waals surface area contributed by atoms with Crippen LogP contribution in [0, 0.1) is 5.82 Å². The summed E-state index contributed by atoms with van der Waals surface area (Å²) in [4.78, 5) is 11.3. The molecular formula is C23H25F2N3O5S. The van der Waals surface area contributed by atoms with Crippen LogP contribution in [-0.4, -0.2) is 58.4 Å². The normalized spacial score (nSPS) is 21.4. The SMILES string of the molecule is CC(C)Oc1ccc(S(=O)(=O)N2C[C@H](n3nc(CC(=O)O)c4ccc(F)cc43)[C@@](C)(F)C2)cc1. The van der Waals surface area contributed by atoms with Crippen molar-refractivity contribution in [2.45, 2.75) is 49.9 Å². The summed E-state index contributed by atoms with van der Waals surface area (Å²) in [5.41, 5.74) is -1.68. The summed E-state index contributed by atoms with van der Waals surface area (Å²) in [5, 5.41) is 13.9. The number of carboxylic acids is 1. The van der Waals surface area contributed by atoms with Crippen molar-refractivity contribution in [2.24, 2.45) is 0 Å². The molecule has 1 aliphatic heterocycles. The van der Waals surface area contributed by atoms with Crippen molar-refractivity contribution >= 4 is 26.9 Å². The number of sulfonamides is 1. The third kappa shape index (κ3) is 4.49. The number of halogens is 2. The third-order valence-corrected chi connectivity index (χ3v) is 7.58. The van der Waals surface area contributed by atoms with E-state index in [4.69, 9.17) is 4.74 Å². The lowest BCUT2D eigenvalue weighted by Crippen LogP contribution is -2.33. The smallest absolute Gasteiger partial charge is 0.309 e. The van der Waals surface area contributed by atoms with E-state index in [-0.39, 0.29) is 28.8 Å². The van der Waals surface area contributed by atoms with Crippen LogP contribution in [0.15, 0.2) is 47.4 Å². The van der Waals surface area contributed by atoms with Gasteiger partial charge < -0.3 is 9.84 Å². The number of ether oxygens (including phenoxy) is 1. The average molecular weight is 494 g/mol. The van der Waals surface area contributed by atoms with Crippen LogP contribution >= 0.6 is 0 Å². The van der Waals surface area contributed by atoms with Crippen molar-refractivity contribution in [3.63, 3.8) is 0 Å². The molecule has 1 fully saturated rings. The molecule has 182 valence electrons. The summed E-state index contributed by atoms with van der Waals surface area (Å²) in [6, 6.07) is 8.51. The number of benzene rings is 2. The van der Waals surface area contributed by atoms with E-state index in [1.54, 1.807) is 0 Å². The van der Waals surface area contributed by atoms with Gasteiger partial charge in [0.25, 0.3) is 0 Å². The summed E-state index contributed by atoms with van der Waals surface area (Å²) < 4.78 is 64.1. The fourth-order valence-electron chi connectivity index (χ4n) is 4.21. The number of hydrogen-bond acceptors (Lipinski definition) is 5. The maximum absolute atomic E-state index is 15.8. The predicted molar refractivity (Wildman–Crippen MR) is 121 cm³/mol. The molecule has 2 aromatic carbocycles. The molecule has 0 amide bonds. The van der Waals surface area contributed by atoms with Gasteiger partial charge in [-0.05, 0) is 63.2 Å². The molecule has 0 saturated carbocycles. The van der Waals surface area contributed by atoms with Gasteiger partial charge in [0, 0.05) is 11.9 Å². The van der Waals surface area contributed by atoms with E-state index >= 15 is 4.39 Å². The summed E-state index contributed by atoms with van der Waals surface area (Å²) in [7, 11) is -4.04. The first-order valence-electron chi connectivity index (χ1n) is 10.7. The highest BCUT2D eigenvalue weighted by atomic mass is 32.2. The van der Waals surface area contributed by atoms with Crippen molar-refractivity contribution in [3.8, 4) is 5.75 Å². The number of hydrogen-bond donors (Lipinski definition) is 1. The number of alkyl halides is 1. The molecule has 11 heteroatoms. The number of aliphatic carboxylic acids is 1. The Morgan fingerprint density at radius 2 is 1.94 bits per heavy atom. The van der Waals surface area contributed by atoms with Crippen LogP contribution in [0.2, 0.25) is 0 Å². The highest BCUT2D eigenvalue weighted by molar-refractivity contribution is 7.89. The Bertz CT molecular complexity index is 1340. The molecule has 1 aliphatic rings. The largest absolute Gasteiger partial charge is 0.491 e. The first-order chi connectivity index (χ1) is 15.9. The average Bonchev–Trinajstić information content (AvgIpc) is 3.24. The van der Waals surface area contributed by atoms with Gasteiger partial charge in [-0.15, -0.1) is 0 Å². The lowest BCUT2D eigenvalue weighted by atomic mass is 10.0. The first kappa shape index (κ1) is 24.1. The second kappa shape index (κ2) is 8.62. The van der Waals surface area contributed by atoms with Crippen molar-refractivity contribution in [2.75, 3.05) is 13.1 Å². The van der Waals surface area contributed by atoms with Gasteiger partial charge in [0.2, 0.25) is 10.0 Å². The molecule has 0 aliphatic carbocycles. The van der Waals surface area contributed by atoms with E-state index in [9.17, 15) is 22.7 Å². The van der Waals surface area contributed by atoms with E-state index < -0.39 is 46.5 Å². The molecule has 1 N–H and O–H groups in total. The lowest BCUT2D eigenvalue weighted by Gasteiger charge is -2.22. The first-order valence-corrected chi connectivity index (χ1v) is 12.2. The minimum absolute atomic E-state index is 0.0111. The van der Waals surface area contributed by atoms with Crippen LogP contribution in [0.1, 0.15) is 32.5 Å². The second-order valence-corrected chi connectivity index (χ2v) is 10.8. The minimum atomic E-state index is -4.04. The van der Waals surface area contributed by atoms with E-state index in [0.29, 0.717) is 11.1 Å². The predicted octanol–water partition coefficient (Wildman–Crippen LogP) is 3.56.